The van der Waals surface area contributed by atoms with Gasteiger partial charge in [0, 0.05) is 16.2 Å². The van der Waals surface area contributed by atoms with Gasteiger partial charge in [0.25, 0.3) is 0 Å². The molecule has 0 aliphatic carbocycles. The molecule has 2 rings (SSSR count). The van der Waals surface area contributed by atoms with Crippen LogP contribution in [0.1, 0.15) is 39.0 Å². The monoisotopic (exact) mass is 317 g/mol. The third-order valence-corrected chi connectivity index (χ3v) is 4.47. The number of ether oxygens (including phenoxy) is 1. The smallest absolute Gasteiger partial charge is 0.189 e. The van der Waals surface area contributed by atoms with Crippen molar-refractivity contribution in [2.24, 2.45) is 0 Å². The largest absolute Gasteiger partial charge is 0.497 e. The molecule has 0 aliphatic heterocycles. The Bertz CT molecular complexity index is 719. The Labute approximate surface area is 134 Å². The average Bonchev–Trinajstić information content (AvgIpc) is 2.80. The van der Waals surface area contributed by atoms with Gasteiger partial charge in [0.1, 0.15) is 5.75 Å². The Balaban J connectivity index is 2.13. The summed E-state index contributed by atoms with van der Waals surface area (Å²) in [6.07, 6.45) is 0. The lowest BCUT2D eigenvalue weighted by atomic mass is 10.1. The van der Waals surface area contributed by atoms with Crippen LogP contribution in [-0.4, -0.2) is 29.4 Å². The van der Waals surface area contributed by atoms with Crippen LogP contribution in [0.2, 0.25) is 0 Å². The van der Waals surface area contributed by atoms with E-state index in [1.54, 1.807) is 7.11 Å². The van der Waals surface area contributed by atoms with Crippen LogP contribution in [0.3, 0.4) is 0 Å². The Hall–Kier alpha value is -2.01. The topological polar surface area (TPSA) is 59.2 Å². The van der Waals surface area contributed by atoms with Gasteiger partial charge in [-0.05, 0) is 44.5 Å². The fraction of sp³-hybridized carbons (Fsp3) is 0.294. The summed E-state index contributed by atoms with van der Waals surface area (Å²) in [5.41, 5.74) is 2.63. The molecule has 0 atom stereocenters. The van der Waals surface area contributed by atoms with Gasteiger partial charge in [-0.3, -0.25) is 9.59 Å². The lowest BCUT2D eigenvalue weighted by molar-refractivity contribution is 0.101. The maximum atomic E-state index is 12.4. The second-order valence-corrected chi connectivity index (χ2v) is 6.12. The van der Waals surface area contributed by atoms with Gasteiger partial charge in [0.2, 0.25) is 0 Å². The number of nitrogens with one attached hydrogen (secondary N) is 1. The standard InChI is InChI=1S/C17H19NO3S/c1-10-16(12(3)19)11(2)18-17(10)15(20)9-22-14-7-5-6-13(8-14)21-4/h5-8,18H,9H2,1-4H3. The summed E-state index contributed by atoms with van der Waals surface area (Å²) in [5, 5.41) is 0. The first kappa shape index (κ1) is 16.4. The predicted molar refractivity (Wildman–Crippen MR) is 88.3 cm³/mol. The number of benzene rings is 1. The molecule has 0 saturated heterocycles. The van der Waals surface area contributed by atoms with Gasteiger partial charge >= 0.3 is 0 Å². The molecule has 1 heterocycles. The minimum Gasteiger partial charge on any atom is -0.497 e. The number of aromatic amines is 1. The van der Waals surface area contributed by atoms with E-state index in [4.69, 9.17) is 4.74 Å². The van der Waals surface area contributed by atoms with E-state index in [9.17, 15) is 9.59 Å². The molecule has 22 heavy (non-hydrogen) atoms. The van der Waals surface area contributed by atoms with Crippen molar-refractivity contribution in [2.45, 2.75) is 25.7 Å². The van der Waals surface area contributed by atoms with Gasteiger partial charge in [-0.15, -0.1) is 11.8 Å². The van der Waals surface area contributed by atoms with Gasteiger partial charge in [-0.1, -0.05) is 6.07 Å². The Morgan fingerprint density at radius 1 is 1.27 bits per heavy atom. The molecule has 0 unspecified atom stereocenters. The number of hydrogen-bond donors (Lipinski definition) is 1. The number of hydrogen-bond acceptors (Lipinski definition) is 4. The van der Waals surface area contributed by atoms with Crippen molar-refractivity contribution >= 4 is 23.3 Å². The first-order valence-electron chi connectivity index (χ1n) is 6.94. The van der Waals surface area contributed by atoms with Crippen LogP contribution < -0.4 is 4.74 Å². The zero-order valence-corrected chi connectivity index (χ0v) is 14.0. The second-order valence-electron chi connectivity index (χ2n) is 5.07. The number of methoxy groups -OCH3 is 1. The Morgan fingerprint density at radius 2 is 2.00 bits per heavy atom. The minimum atomic E-state index is -0.0225. The van der Waals surface area contributed by atoms with Gasteiger partial charge in [0.15, 0.2) is 11.6 Å². The number of thioether (sulfide) groups is 1. The molecule has 0 spiro atoms. The molecule has 0 amide bonds. The summed E-state index contributed by atoms with van der Waals surface area (Å²) >= 11 is 1.45. The zero-order chi connectivity index (χ0) is 16.3. The van der Waals surface area contributed by atoms with E-state index >= 15 is 0 Å². The number of aryl methyl sites for hydroxylation is 1. The van der Waals surface area contributed by atoms with E-state index in [2.05, 4.69) is 4.98 Å². The van der Waals surface area contributed by atoms with Crippen LogP contribution in [0.25, 0.3) is 0 Å². The third-order valence-electron chi connectivity index (χ3n) is 3.48. The summed E-state index contributed by atoms with van der Waals surface area (Å²) in [4.78, 5) is 28.0. The number of ketones is 2. The van der Waals surface area contributed by atoms with E-state index < -0.39 is 0 Å². The molecule has 116 valence electrons. The highest BCUT2D eigenvalue weighted by Gasteiger charge is 2.19. The quantitative estimate of drug-likeness (QED) is 0.650. The highest BCUT2D eigenvalue weighted by molar-refractivity contribution is 8.00. The normalized spacial score (nSPS) is 10.5. The van der Waals surface area contributed by atoms with Gasteiger partial charge in [-0.2, -0.15) is 0 Å². The van der Waals surface area contributed by atoms with Crippen molar-refractivity contribution in [3.05, 3.63) is 46.8 Å². The van der Waals surface area contributed by atoms with Gasteiger partial charge in [-0.25, -0.2) is 0 Å². The Morgan fingerprint density at radius 3 is 2.59 bits per heavy atom. The first-order chi connectivity index (χ1) is 10.4. The number of carbonyl (C=O) groups is 2. The van der Waals surface area contributed by atoms with E-state index in [-0.39, 0.29) is 11.6 Å². The summed E-state index contributed by atoms with van der Waals surface area (Å²) in [5.74, 6) is 1.04. The summed E-state index contributed by atoms with van der Waals surface area (Å²) in [6.45, 7) is 5.14. The molecule has 1 aromatic carbocycles. The van der Waals surface area contributed by atoms with Crippen LogP contribution in [0.5, 0.6) is 5.75 Å². The number of rotatable bonds is 6. The molecule has 2 aromatic rings. The van der Waals surface area contributed by atoms with Crippen molar-refractivity contribution in [2.75, 3.05) is 12.9 Å². The lowest BCUT2D eigenvalue weighted by Gasteiger charge is -2.04. The molecule has 5 heteroatoms. The van der Waals surface area contributed by atoms with Crippen LogP contribution in [-0.2, 0) is 0 Å². The number of aromatic nitrogens is 1. The van der Waals surface area contributed by atoms with Crippen LogP contribution in [0.4, 0.5) is 0 Å². The van der Waals surface area contributed by atoms with Crippen molar-refractivity contribution in [1.29, 1.82) is 0 Å². The fourth-order valence-electron chi connectivity index (χ4n) is 2.47. The molecule has 0 saturated carbocycles. The molecular weight excluding hydrogens is 298 g/mol. The second kappa shape index (κ2) is 6.83. The van der Waals surface area contributed by atoms with Gasteiger partial charge < -0.3 is 9.72 Å². The zero-order valence-electron chi connectivity index (χ0n) is 13.1. The van der Waals surface area contributed by atoms with Crippen molar-refractivity contribution in [3.63, 3.8) is 0 Å². The Kier molecular flexibility index (Phi) is 5.08. The molecular formula is C17H19NO3S. The molecule has 4 nitrogen and oxygen atoms in total. The lowest BCUT2D eigenvalue weighted by Crippen LogP contribution is -2.05. The SMILES string of the molecule is COc1cccc(SCC(=O)c2[nH]c(C)c(C(C)=O)c2C)c1. The summed E-state index contributed by atoms with van der Waals surface area (Å²) in [7, 11) is 1.61. The molecule has 1 aromatic heterocycles. The van der Waals surface area contributed by atoms with E-state index in [1.165, 1.54) is 18.7 Å². The van der Waals surface area contributed by atoms with E-state index in [0.717, 1.165) is 21.9 Å². The average molecular weight is 317 g/mol. The molecule has 0 bridgehead atoms. The third kappa shape index (κ3) is 3.42. The molecule has 0 aliphatic rings. The first-order valence-corrected chi connectivity index (χ1v) is 7.92. The van der Waals surface area contributed by atoms with Crippen molar-refractivity contribution in [3.8, 4) is 5.75 Å². The van der Waals surface area contributed by atoms with Crippen molar-refractivity contribution in [1.82, 2.24) is 4.98 Å². The summed E-state index contributed by atoms with van der Waals surface area (Å²) in [6, 6.07) is 7.59. The van der Waals surface area contributed by atoms with Crippen molar-refractivity contribution < 1.29 is 14.3 Å². The van der Waals surface area contributed by atoms with Crippen LogP contribution >= 0.6 is 11.8 Å². The highest BCUT2D eigenvalue weighted by Crippen LogP contribution is 2.25. The maximum absolute atomic E-state index is 12.4. The highest BCUT2D eigenvalue weighted by atomic mass is 32.2. The number of carbonyl (C=O) groups excluding carboxylic acids is 2. The minimum absolute atomic E-state index is 0.0130. The number of Topliss-reactive ketones (excluding diaryl/α,β-unsaturated/α-hetero) is 2. The van der Waals surface area contributed by atoms with Gasteiger partial charge in [0.05, 0.1) is 18.6 Å². The number of H-pyrrole nitrogens is 1. The molecule has 0 fully saturated rings. The van der Waals surface area contributed by atoms with Crippen LogP contribution in [0.15, 0.2) is 29.2 Å². The fourth-order valence-corrected chi connectivity index (χ4v) is 3.29. The maximum Gasteiger partial charge on any atom is 0.189 e. The molecule has 0 radical (unpaired) electrons. The molecule has 1 N–H and O–H groups in total. The predicted octanol–water partition coefficient (Wildman–Crippen LogP) is 3.82. The summed E-state index contributed by atoms with van der Waals surface area (Å²) < 4.78 is 5.17. The van der Waals surface area contributed by atoms with E-state index in [1.807, 2.05) is 38.1 Å². The van der Waals surface area contributed by atoms with Crippen LogP contribution in [0, 0.1) is 13.8 Å². The van der Waals surface area contributed by atoms with E-state index in [0.29, 0.717) is 17.0 Å².